The quantitative estimate of drug-likeness (QED) is 0.236. The van der Waals surface area contributed by atoms with Crippen molar-refractivity contribution in [1.29, 1.82) is 0 Å². The molecular formula is C26H32Br2N4O2S2. The molecule has 10 heteroatoms. The number of hydrogen-bond acceptors (Lipinski definition) is 4. The fourth-order valence-electron chi connectivity index (χ4n) is 2.57. The molecule has 3 rings (SSSR count). The molecule has 2 aromatic heterocycles. The minimum atomic E-state index is -1.23. The lowest BCUT2D eigenvalue weighted by Crippen LogP contribution is -2.36. The van der Waals surface area contributed by atoms with E-state index in [4.69, 9.17) is 0 Å². The topological polar surface area (TPSA) is 84.3 Å². The van der Waals surface area contributed by atoms with Crippen molar-refractivity contribution in [2.24, 2.45) is 4.40 Å². The van der Waals surface area contributed by atoms with Crippen LogP contribution in [-0.2, 0) is 22.0 Å². The minimum Gasteiger partial charge on any atom is -0.244 e. The first-order valence-electron chi connectivity index (χ1n) is 11.2. The molecule has 0 radical (unpaired) electrons. The van der Waals surface area contributed by atoms with Gasteiger partial charge in [0.25, 0.3) is 0 Å². The molecule has 0 aliphatic rings. The second kappa shape index (κ2) is 13.8. The lowest BCUT2D eigenvalue weighted by Gasteiger charge is -2.24. The Morgan fingerprint density at radius 1 is 0.806 bits per heavy atom. The zero-order chi connectivity index (χ0) is 26.9. The van der Waals surface area contributed by atoms with E-state index in [1.807, 2.05) is 108 Å². The van der Waals surface area contributed by atoms with Gasteiger partial charge in [0.15, 0.2) is 0 Å². The van der Waals surface area contributed by atoms with Gasteiger partial charge in [0, 0.05) is 0 Å². The largest absolute Gasteiger partial charge is 0.244 e. The van der Waals surface area contributed by atoms with Crippen LogP contribution in [0.1, 0.15) is 64.5 Å². The Kier molecular flexibility index (Phi) is 11.8. The van der Waals surface area contributed by atoms with Crippen molar-refractivity contribution in [1.82, 2.24) is 14.7 Å². The number of halogens is 2. The number of hydrogen-bond donors (Lipinski definition) is 1. The standard InChI is InChI=1S/C16H19BrN2OS.C10H13BrN2OS/c1-16(2,3)21(20)19-15(12-8-5-4-6-9-12)13-10-7-11-14(17)18-13;1-10(2,3)15(14)12-7-8-5-4-6-9(11)13-8/h4-11,15,19H,1-3H3;4-7H,1-3H3/t15?,21-;15-/m00/s1. The van der Waals surface area contributed by atoms with Crippen molar-refractivity contribution in [3.63, 3.8) is 0 Å². The van der Waals surface area contributed by atoms with E-state index in [0.29, 0.717) is 5.69 Å². The van der Waals surface area contributed by atoms with Crippen molar-refractivity contribution < 1.29 is 8.42 Å². The molecule has 3 aromatic rings. The van der Waals surface area contributed by atoms with Crippen LogP contribution >= 0.6 is 31.9 Å². The fourth-order valence-corrected chi connectivity index (χ4v) is 4.63. The molecule has 0 saturated carbocycles. The Bertz CT molecular complexity index is 1210. The molecule has 0 spiro atoms. The van der Waals surface area contributed by atoms with E-state index >= 15 is 0 Å². The normalized spacial score (nSPS) is 14.6. The van der Waals surface area contributed by atoms with Gasteiger partial charge in [0.1, 0.15) is 20.2 Å². The lowest BCUT2D eigenvalue weighted by atomic mass is 10.0. The van der Waals surface area contributed by atoms with Crippen molar-refractivity contribution in [2.75, 3.05) is 0 Å². The Morgan fingerprint density at radius 2 is 1.39 bits per heavy atom. The third-order valence-electron chi connectivity index (χ3n) is 4.49. The monoisotopic (exact) mass is 654 g/mol. The lowest BCUT2D eigenvalue weighted by molar-refractivity contribution is 0.620. The maximum Gasteiger partial charge on any atom is 0.144 e. The summed E-state index contributed by atoms with van der Waals surface area (Å²) in [6.45, 7) is 11.5. The Morgan fingerprint density at radius 3 is 1.92 bits per heavy atom. The van der Waals surface area contributed by atoms with Crippen LogP contribution in [0.15, 0.2) is 80.3 Å². The molecule has 2 heterocycles. The third-order valence-corrected chi connectivity index (χ3v) is 8.28. The second-order valence-electron chi connectivity index (χ2n) is 9.71. The molecule has 0 aliphatic heterocycles. The summed E-state index contributed by atoms with van der Waals surface area (Å²) in [5.41, 5.74) is 2.58. The summed E-state index contributed by atoms with van der Waals surface area (Å²) in [6.07, 6.45) is 1.53. The predicted octanol–water partition coefficient (Wildman–Crippen LogP) is 6.71. The Labute approximate surface area is 236 Å². The molecule has 194 valence electrons. The first kappa shape index (κ1) is 30.6. The van der Waals surface area contributed by atoms with E-state index < -0.39 is 22.0 Å². The zero-order valence-electron chi connectivity index (χ0n) is 21.2. The van der Waals surface area contributed by atoms with E-state index in [2.05, 4.69) is 50.9 Å². The van der Waals surface area contributed by atoms with Gasteiger partial charge < -0.3 is 0 Å². The molecular weight excluding hydrogens is 624 g/mol. The number of pyridine rings is 2. The predicted molar refractivity (Wildman–Crippen MR) is 159 cm³/mol. The SMILES string of the molecule is CC(C)(C)[S@](=O)N=Cc1cccc(Br)n1.CC(C)(C)[S@](=O)NC(c1ccccc1)c1cccc(Br)n1. The van der Waals surface area contributed by atoms with Gasteiger partial charge in [-0.1, -0.05) is 42.5 Å². The van der Waals surface area contributed by atoms with Crippen LogP contribution in [0.2, 0.25) is 0 Å². The molecule has 0 amide bonds. The van der Waals surface area contributed by atoms with Gasteiger partial charge in [0.2, 0.25) is 0 Å². The van der Waals surface area contributed by atoms with E-state index in [1.54, 1.807) is 0 Å². The summed E-state index contributed by atoms with van der Waals surface area (Å²) in [5.74, 6) is 0. The zero-order valence-corrected chi connectivity index (χ0v) is 26.0. The molecule has 0 bridgehead atoms. The van der Waals surface area contributed by atoms with Crippen LogP contribution in [0.3, 0.4) is 0 Å². The maximum absolute atomic E-state index is 12.5. The Balaban J connectivity index is 0.000000269. The van der Waals surface area contributed by atoms with E-state index in [-0.39, 0.29) is 15.5 Å². The average molecular weight is 657 g/mol. The van der Waals surface area contributed by atoms with Crippen LogP contribution in [0, 0.1) is 0 Å². The molecule has 1 aromatic carbocycles. The smallest absolute Gasteiger partial charge is 0.144 e. The van der Waals surface area contributed by atoms with Crippen LogP contribution < -0.4 is 4.72 Å². The van der Waals surface area contributed by atoms with Crippen LogP contribution in [0.25, 0.3) is 0 Å². The van der Waals surface area contributed by atoms with Gasteiger partial charge in [-0.05, 0) is 103 Å². The highest BCUT2D eigenvalue weighted by Gasteiger charge is 2.25. The molecule has 6 nitrogen and oxygen atoms in total. The van der Waals surface area contributed by atoms with Gasteiger partial charge in [0.05, 0.1) is 44.1 Å². The number of aromatic nitrogens is 2. The van der Waals surface area contributed by atoms with Crippen molar-refractivity contribution in [3.8, 4) is 0 Å². The van der Waals surface area contributed by atoms with Crippen molar-refractivity contribution >= 4 is 60.0 Å². The van der Waals surface area contributed by atoms with Gasteiger partial charge in [-0.2, -0.15) is 4.40 Å². The van der Waals surface area contributed by atoms with Gasteiger partial charge in [-0.3, -0.25) is 0 Å². The summed E-state index contributed by atoms with van der Waals surface area (Å²) in [7, 11) is -2.41. The molecule has 1 N–H and O–H groups in total. The molecule has 3 atom stereocenters. The molecule has 0 aliphatic carbocycles. The third kappa shape index (κ3) is 10.4. The molecule has 0 saturated heterocycles. The number of nitrogens with zero attached hydrogens (tertiary/aromatic N) is 3. The highest BCUT2D eigenvalue weighted by Crippen LogP contribution is 2.24. The summed E-state index contributed by atoms with van der Waals surface area (Å²) < 4.78 is 32.1. The summed E-state index contributed by atoms with van der Waals surface area (Å²) in [5, 5.41) is 0. The van der Waals surface area contributed by atoms with Crippen molar-refractivity contribution in [2.45, 2.75) is 57.1 Å². The van der Waals surface area contributed by atoms with Crippen molar-refractivity contribution in [3.05, 3.63) is 92.9 Å². The summed E-state index contributed by atoms with van der Waals surface area (Å²) >= 11 is 6.65. The van der Waals surface area contributed by atoms with E-state index in [0.717, 1.165) is 20.5 Å². The highest BCUT2D eigenvalue weighted by molar-refractivity contribution is 9.10. The van der Waals surface area contributed by atoms with E-state index in [1.165, 1.54) is 6.21 Å². The van der Waals surface area contributed by atoms with Gasteiger partial charge in [-0.25, -0.2) is 23.1 Å². The van der Waals surface area contributed by atoms with E-state index in [9.17, 15) is 8.42 Å². The number of rotatable bonds is 6. The maximum atomic E-state index is 12.5. The Hall–Kier alpha value is -1.59. The number of nitrogens with one attached hydrogen (secondary N) is 1. The molecule has 0 fully saturated rings. The second-order valence-corrected chi connectivity index (χ2v) is 15.3. The molecule has 36 heavy (non-hydrogen) atoms. The van der Waals surface area contributed by atoms with Crippen LogP contribution in [0.5, 0.6) is 0 Å². The minimum absolute atomic E-state index is 0.205. The van der Waals surface area contributed by atoms with Gasteiger partial charge in [-0.15, -0.1) is 0 Å². The van der Waals surface area contributed by atoms with Crippen LogP contribution in [-0.4, -0.2) is 34.1 Å². The fraction of sp³-hybridized carbons (Fsp3) is 0.346. The number of benzene rings is 1. The van der Waals surface area contributed by atoms with Crippen LogP contribution in [0.4, 0.5) is 0 Å². The first-order chi connectivity index (χ1) is 16.8. The average Bonchev–Trinajstić information content (AvgIpc) is 2.80. The van der Waals surface area contributed by atoms with Gasteiger partial charge >= 0.3 is 0 Å². The highest BCUT2D eigenvalue weighted by atomic mass is 79.9. The molecule has 1 unspecified atom stereocenters. The summed E-state index contributed by atoms with van der Waals surface area (Å²) in [6, 6.07) is 21.0. The summed E-state index contributed by atoms with van der Waals surface area (Å²) in [4.78, 5) is 8.66. The first-order valence-corrected chi connectivity index (χ1v) is 15.1.